The van der Waals surface area contributed by atoms with Gasteiger partial charge in [-0.25, -0.2) is 0 Å². The van der Waals surface area contributed by atoms with Crippen LogP contribution in [0.1, 0.15) is 15.9 Å². The van der Waals surface area contributed by atoms with Crippen molar-refractivity contribution in [2.45, 2.75) is 6.92 Å². The Kier molecular flexibility index (Phi) is 6.15. The molecule has 2 aromatic carbocycles. The van der Waals surface area contributed by atoms with Crippen molar-refractivity contribution < 1.29 is 13.9 Å². The zero-order chi connectivity index (χ0) is 24.4. The summed E-state index contributed by atoms with van der Waals surface area (Å²) in [4.78, 5) is 27.9. The van der Waals surface area contributed by atoms with Crippen LogP contribution in [0.3, 0.4) is 0 Å². The van der Waals surface area contributed by atoms with E-state index in [4.69, 9.17) is 9.15 Å². The largest absolute Gasteiger partial charge is 0.423 e. The lowest BCUT2D eigenvalue weighted by Crippen LogP contribution is -2.40. The number of aryl methyl sites for hydroxylation is 2. The molecule has 0 spiro atoms. The van der Waals surface area contributed by atoms with E-state index in [1.54, 1.807) is 35.9 Å². The molecule has 35 heavy (non-hydrogen) atoms. The number of nitrogens with zero attached hydrogens (tertiary/aromatic N) is 4. The summed E-state index contributed by atoms with van der Waals surface area (Å²) in [6.45, 7) is 4.56. The van der Waals surface area contributed by atoms with Gasteiger partial charge in [0.05, 0.1) is 13.2 Å². The van der Waals surface area contributed by atoms with Crippen LogP contribution in [0.2, 0.25) is 0 Å². The second-order valence-corrected chi connectivity index (χ2v) is 8.44. The van der Waals surface area contributed by atoms with E-state index in [-0.39, 0.29) is 11.5 Å². The molecule has 1 aliphatic rings. The second-order valence-electron chi connectivity index (χ2n) is 8.44. The van der Waals surface area contributed by atoms with Gasteiger partial charge >= 0.3 is 0 Å². The van der Waals surface area contributed by atoms with Crippen LogP contribution in [0.5, 0.6) is 0 Å². The van der Waals surface area contributed by atoms with Crippen molar-refractivity contribution in [3.8, 4) is 22.6 Å². The topological polar surface area (TPSA) is 102 Å². The van der Waals surface area contributed by atoms with Gasteiger partial charge in [-0.05, 0) is 54.4 Å². The number of anilines is 2. The maximum Gasteiger partial charge on any atom is 0.273 e. The maximum atomic E-state index is 13.0. The minimum absolute atomic E-state index is 0.0427. The van der Waals surface area contributed by atoms with E-state index in [1.165, 1.54) is 6.39 Å². The van der Waals surface area contributed by atoms with Gasteiger partial charge in [-0.2, -0.15) is 0 Å². The predicted octanol–water partition coefficient (Wildman–Crippen LogP) is 3.50. The SMILES string of the molecule is Cc1ccc(NC(=O)c2cccc(-c3nnco3)c2)cc1-c1cc(N2CCOCC2)c(=O)n(C)c1. The number of hydrogen-bond donors (Lipinski definition) is 1. The number of rotatable bonds is 5. The number of nitrogens with one attached hydrogen (secondary N) is 1. The molecule has 0 saturated carbocycles. The summed E-state index contributed by atoms with van der Waals surface area (Å²) in [6.07, 6.45) is 3.08. The van der Waals surface area contributed by atoms with E-state index in [9.17, 15) is 9.59 Å². The van der Waals surface area contributed by atoms with Crippen LogP contribution in [-0.4, -0.2) is 47.0 Å². The number of aromatic nitrogens is 3. The third kappa shape index (κ3) is 4.71. The van der Waals surface area contributed by atoms with Gasteiger partial charge in [0.15, 0.2) is 0 Å². The molecular formula is C26H25N5O4. The highest BCUT2D eigenvalue weighted by atomic mass is 16.5. The first-order valence-electron chi connectivity index (χ1n) is 11.3. The van der Waals surface area contributed by atoms with Crippen molar-refractivity contribution >= 4 is 17.3 Å². The number of ether oxygens (including phenoxy) is 1. The van der Waals surface area contributed by atoms with Gasteiger partial charge in [0.25, 0.3) is 11.5 Å². The number of hydrogen-bond acceptors (Lipinski definition) is 7. The number of carbonyl (C=O) groups is 1. The van der Waals surface area contributed by atoms with Crippen molar-refractivity contribution in [3.63, 3.8) is 0 Å². The highest BCUT2D eigenvalue weighted by Gasteiger charge is 2.18. The molecule has 9 heteroatoms. The lowest BCUT2D eigenvalue weighted by atomic mass is 10.0. The fourth-order valence-corrected chi connectivity index (χ4v) is 4.18. The van der Waals surface area contributed by atoms with Crippen LogP contribution in [0.15, 0.2) is 70.3 Å². The molecule has 0 bridgehead atoms. The normalized spacial score (nSPS) is 13.6. The summed E-state index contributed by atoms with van der Waals surface area (Å²) in [5.41, 5.74) is 5.28. The van der Waals surface area contributed by atoms with Gasteiger partial charge in [-0.15, -0.1) is 10.2 Å². The van der Waals surface area contributed by atoms with E-state index >= 15 is 0 Å². The first-order chi connectivity index (χ1) is 17.0. The fourth-order valence-electron chi connectivity index (χ4n) is 4.18. The van der Waals surface area contributed by atoms with Crippen molar-refractivity contribution in [1.82, 2.24) is 14.8 Å². The first kappa shape index (κ1) is 22.5. The number of morpholine rings is 1. The number of pyridine rings is 1. The maximum absolute atomic E-state index is 13.0. The molecule has 2 aromatic heterocycles. The Hall–Kier alpha value is -4.24. The lowest BCUT2D eigenvalue weighted by molar-refractivity contribution is 0.102. The Morgan fingerprint density at radius 3 is 2.66 bits per heavy atom. The molecule has 4 aromatic rings. The van der Waals surface area contributed by atoms with Gasteiger partial charge in [0.2, 0.25) is 12.3 Å². The zero-order valence-electron chi connectivity index (χ0n) is 19.5. The van der Waals surface area contributed by atoms with Gasteiger partial charge in [0, 0.05) is 48.7 Å². The Morgan fingerprint density at radius 1 is 1.06 bits per heavy atom. The van der Waals surface area contributed by atoms with E-state index in [0.717, 1.165) is 16.7 Å². The summed E-state index contributed by atoms with van der Waals surface area (Å²) in [7, 11) is 1.76. The number of benzene rings is 2. The monoisotopic (exact) mass is 471 g/mol. The van der Waals surface area contributed by atoms with E-state index in [2.05, 4.69) is 20.4 Å². The quantitative estimate of drug-likeness (QED) is 0.475. The Balaban J connectivity index is 1.44. The minimum Gasteiger partial charge on any atom is -0.423 e. The molecule has 178 valence electrons. The summed E-state index contributed by atoms with van der Waals surface area (Å²) < 4.78 is 12.3. The van der Waals surface area contributed by atoms with Crippen molar-refractivity contribution in [3.05, 3.63) is 82.6 Å². The average molecular weight is 472 g/mol. The highest BCUT2D eigenvalue weighted by molar-refractivity contribution is 6.05. The summed E-state index contributed by atoms with van der Waals surface area (Å²) in [5, 5.41) is 10.6. The summed E-state index contributed by atoms with van der Waals surface area (Å²) in [6, 6.07) is 14.7. The predicted molar refractivity (Wildman–Crippen MR) is 133 cm³/mol. The smallest absolute Gasteiger partial charge is 0.273 e. The van der Waals surface area contributed by atoms with Crippen LogP contribution < -0.4 is 15.8 Å². The average Bonchev–Trinajstić information content (AvgIpc) is 3.43. The molecule has 1 saturated heterocycles. The van der Waals surface area contributed by atoms with Gasteiger partial charge in [0.1, 0.15) is 5.69 Å². The van der Waals surface area contributed by atoms with Crippen LogP contribution in [0, 0.1) is 6.92 Å². The molecule has 1 N–H and O–H groups in total. The molecule has 0 aliphatic carbocycles. The van der Waals surface area contributed by atoms with Crippen LogP contribution >= 0.6 is 0 Å². The van der Waals surface area contributed by atoms with E-state index < -0.39 is 0 Å². The molecule has 1 fully saturated rings. The standard InChI is InChI=1S/C26H25N5O4/c1-17-6-7-21(28-24(32)18-4-3-5-19(12-18)25-29-27-16-35-25)14-22(17)20-13-23(26(33)30(2)15-20)31-8-10-34-11-9-31/h3-7,12-16H,8-11H2,1-2H3,(H,28,32). The first-order valence-corrected chi connectivity index (χ1v) is 11.3. The summed E-state index contributed by atoms with van der Waals surface area (Å²) in [5.74, 6) is 0.0960. The Morgan fingerprint density at radius 2 is 1.89 bits per heavy atom. The summed E-state index contributed by atoms with van der Waals surface area (Å²) >= 11 is 0. The fraction of sp³-hybridized carbons (Fsp3) is 0.231. The third-order valence-electron chi connectivity index (χ3n) is 6.05. The van der Waals surface area contributed by atoms with Gasteiger partial charge in [-0.1, -0.05) is 12.1 Å². The van der Waals surface area contributed by atoms with Crippen LogP contribution in [0.4, 0.5) is 11.4 Å². The molecular weight excluding hydrogens is 446 g/mol. The third-order valence-corrected chi connectivity index (χ3v) is 6.05. The van der Waals surface area contributed by atoms with Crippen LogP contribution in [0.25, 0.3) is 22.6 Å². The van der Waals surface area contributed by atoms with E-state index in [0.29, 0.717) is 54.7 Å². The number of carbonyl (C=O) groups excluding carboxylic acids is 1. The molecule has 5 rings (SSSR count). The molecule has 1 amide bonds. The van der Waals surface area contributed by atoms with Gasteiger partial charge < -0.3 is 23.9 Å². The second kappa shape index (κ2) is 9.55. The molecule has 0 unspecified atom stereocenters. The minimum atomic E-state index is -0.254. The Bertz CT molecular complexity index is 1420. The highest BCUT2D eigenvalue weighted by Crippen LogP contribution is 2.29. The lowest BCUT2D eigenvalue weighted by Gasteiger charge is -2.29. The molecule has 0 radical (unpaired) electrons. The van der Waals surface area contributed by atoms with Gasteiger partial charge in [-0.3, -0.25) is 9.59 Å². The Labute approximate surface area is 202 Å². The molecule has 0 atom stereocenters. The van der Waals surface area contributed by atoms with E-state index in [1.807, 2.05) is 37.4 Å². The van der Waals surface area contributed by atoms with Crippen LogP contribution in [-0.2, 0) is 11.8 Å². The van der Waals surface area contributed by atoms with Crippen molar-refractivity contribution in [1.29, 1.82) is 0 Å². The molecule has 1 aliphatic heterocycles. The van der Waals surface area contributed by atoms with Crippen molar-refractivity contribution in [2.75, 3.05) is 36.5 Å². The number of amides is 1. The zero-order valence-corrected chi connectivity index (χ0v) is 19.5. The van der Waals surface area contributed by atoms with Crippen molar-refractivity contribution in [2.24, 2.45) is 7.05 Å². The molecule has 3 heterocycles. The molecule has 9 nitrogen and oxygen atoms in total.